The van der Waals surface area contributed by atoms with Gasteiger partial charge >= 0.3 is 0 Å². The predicted octanol–water partition coefficient (Wildman–Crippen LogP) is 5.53. The third-order valence-electron chi connectivity index (χ3n) is 5.15. The summed E-state index contributed by atoms with van der Waals surface area (Å²) in [5.41, 5.74) is 0.850. The molecule has 28 heavy (non-hydrogen) atoms. The quantitative estimate of drug-likeness (QED) is 0.636. The van der Waals surface area contributed by atoms with Crippen LogP contribution in [0, 0.1) is 5.41 Å². The fourth-order valence-corrected chi connectivity index (χ4v) is 3.87. The van der Waals surface area contributed by atoms with Crippen molar-refractivity contribution >= 4 is 17.5 Å². The summed E-state index contributed by atoms with van der Waals surface area (Å²) in [6, 6.07) is 7.70. The van der Waals surface area contributed by atoms with Crippen LogP contribution in [0.4, 0.5) is 0 Å². The molecule has 1 fully saturated rings. The first kappa shape index (κ1) is 20.8. The van der Waals surface area contributed by atoms with Crippen LogP contribution in [0.1, 0.15) is 65.2 Å². The molecule has 0 radical (unpaired) electrons. The Morgan fingerprint density at radius 3 is 2.50 bits per heavy atom. The molecule has 0 saturated heterocycles. The number of hydrogen-bond acceptors (Lipinski definition) is 4. The Balaban J connectivity index is 1.67. The Hall–Kier alpha value is -1.88. The highest BCUT2D eigenvalue weighted by atomic mass is 35.5. The summed E-state index contributed by atoms with van der Waals surface area (Å²) in [6.07, 6.45) is 6.99. The van der Waals surface area contributed by atoms with Crippen LogP contribution in [0.2, 0.25) is 5.02 Å². The maximum Gasteiger partial charge on any atom is 0.228 e. The average Bonchev–Trinajstić information content (AvgIpc) is 3.11. The summed E-state index contributed by atoms with van der Waals surface area (Å²) in [5.74, 6) is 1.35. The minimum atomic E-state index is -0.0176. The molecule has 0 spiro atoms. The van der Waals surface area contributed by atoms with Gasteiger partial charge in [-0.3, -0.25) is 4.79 Å². The van der Waals surface area contributed by atoms with E-state index in [0.29, 0.717) is 42.2 Å². The topological polar surface area (TPSA) is 59.2 Å². The SMILES string of the molecule is CC(C)(C)CC(=O)N(CCc1nc(-c2ccc(Cl)cc2)no1)C1CCCCC1. The number of nitrogens with zero attached hydrogens (tertiary/aromatic N) is 3. The number of carbonyl (C=O) groups excluding carboxylic acids is 1. The van der Waals surface area contributed by atoms with Gasteiger partial charge < -0.3 is 9.42 Å². The average molecular weight is 404 g/mol. The minimum Gasteiger partial charge on any atom is -0.339 e. The van der Waals surface area contributed by atoms with Crippen molar-refractivity contribution < 1.29 is 9.32 Å². The Morgan fingerprint density at radius 1 is 1.18 bits per heavy atom. The van der Waals surface area contributed by atoms with Gasteiger partial charge in [0, 0.05) is 36.0 Å². The fraction of sp³-hybridized carbons (Fsp3) is 0.591. The van der Waals surface area contributed by atoms with E-state index in [1.54, 1.807) is 0 Å². The van der Waals surface area contributed by atoms with E-state index in [1.807, 2.05) is 24.3 Å². The second kappa shape index (κ2) is 9.08. The van der Waals surface area contributed by atoms with E-state index in [9.17, 15) is 4.79 Å². The minimum absolute atomic E-state index is 0.0176. The van der Waals surface area contributed by atoms with Gasteiger partial charge in [0.05, 0.1) is 0 Å². The number of carbonyl (C=O) groups is 1. The number of benzene rings is 1. The summed E-state index contributed by atoms with van der Waals surface area (Å²) in [6.45, 7) is 6.96. The van der Waals surface area contributed by atoms with Crippen LogP contribution >= 0.6 is 11.6 Å². The highest BCUT2D eigenvalue weighted by Crippen LogP contribution is 2.27. The van der Waals surface area contributed by atoms with Crippen LogP contribution in [0.15, 0.2) is 28.8 Å². The van der Waals surface area contributed by atoms with Gasteiger partial charge in [0.25, 0.3) is 0 Å². The number of aromatic nitrogens is 2. The summed E-state index contributed by atoms with van der Waals surface area (Å²) in [7, 11) is 0. The molecule has 1 aromatic heterocycles. The lowest BCUT2D eigenvalue weighted by molar-refractivity contribution is -0.136. The second-order valence-corrected chi connectivity index (χ2v) is 9.32. The molecule has 0 N–H and O–H groups in total. The molecule has 0 bridgehead atoms. The molecule has 152 valence electrons. The van der Waals surface area contributed by atoms with Crippen molar-refractivity contribution in [3.63, 3.8) is 0 Å². The van der Waals surface area contributed by atoms with Crippen LogP contribution in [0.5, 0.6) is 0 Å². The molecule has 0 aliphatic heterocycles. The third-order valence-corrected chi connectivity index (χ3v) is 5.41. The molecule has 2 aromatic rings. The third kappa shape index (κ3) is 5.81. The normalized spacial score (nSPS) is 15.6. The monoisotopic (exact) mass is 403 g/mol. The molecule has 1 aliphatic carbocycles. The van der Waals surface area contributed by atoms with Crippen molar-refractivity contribution in [3.8, 4) is 11.4 Å². The maximum atomic E-state index is 13.0. The van der Waals surface area contributed by atoms with Crippen molar-refractivity contribution in [3.05, 3.63) is 35.2 Å². The lowest BCUT2D eigenvalue weighted by atomic mass is 9.89. The van der Waals surface area contributed by atoms with Crippen molar-refractivity contribution in [1.82, 2.24) is 15.0 Å². The molecule has 0 unspecified atom stereocenters. The highest BCUT2D eigenvalue weighted by Gasteiger charge is 2.28. The smallest absolute Gasteiger partial charge is 0.228 e. The molecule has 6 heteroatoms. The van der Waals surface area contributed by atoms with Crippen molar-refractivity contribution in [2.75, 3.05) is 6.54 Å². The van der Waals surface area contributed by atoms with E-state index >= 15 is 0 Å². The lowest BCUT2D eigenvalue weighted by Crippen LogP contribution is -2.43. The first-order valence-electron chi connectivity index (χ1n) is 10.2. The van der Waals surface area contributed by atoms with Crippen LogP contribution in [0.3, 0.4) is 0 Å². The summed E-state index contributed by atoms with van der Waals surface area (Å²) < 4.78 is 5.44. The molecule has 0 atom stereocenters. The summed E-state index contributed by atoms with van der Waals surface area (Å²) >= 11 is 5.94. The van der Waals surface area contributed by atoms with E-state index in [1.165, 1.54) is 19.3 Å². The van der Waals surface area contributed by atoms with Crippen LogP contribution < -0.4 is 0 Å². The number of rotatable bonds is 6. The Morgan fingerprint density at radius 2 is 1.86 bits per heavy atom. The molecular weight excluding hydrogens is 374 g/mol. The predicted molar refractivity (Wildman–Crippen MR) is 111 cm³/mol. The molecule has 1 aromatic carbocycles. The highest BCUT2D eigenvalue weighted by molar-refractivity contribution is 6.30. The lowest BCUT2D eigenvalue weighted by Gasteiger charge is -2.35. The van der Waals surface area contributed by atoms with Gasteiger partial charge in [-0.15, -0.1) is 0 Å². The Kier molecular flexibility index (Phi) is 6.76. The van der Waals surface area contributed by atoms with Crippen LogP contribution in [-0.4, -0.2) is 33.5 Å². The number of hydrogen-bond donors (Lipinski definition) is 0. The summed E-state index contributed by atoms with van der Waals surface area (Å²) in [4.78, 5) is 19.6. The zero-order valence-electron chi connectivity index (χ0n) is 17.1. The second-order valence-electron chi connectivity index (χ2n) is 8.89. The Labute approximate surface area is 172 Å². The number of amides is 1. The van der Waals surface area contributed by atoms with Gasteiger partial charge in [0.1, 0.15) is 0 Å². The van der Waals surface area contributed by atoms with E-state index in [2.05, 4.69) is 35.8 Å². The molecule has 1 saturated carbocycles. The maximum absolute atomic E-state index is 13.0. The van der Waals surface area contributed by atoms with Gasteiger partial charge in [-0.2, -0.15) is 4.98 Å². The standard InChI is InChI=1S/C22H30ClN3O2/c1-22(2,3)15-20(27)26(18-7-5-4-6-8-18)14-13-19-24-21(25-28-19)16-9-11-17(23)12-10-16/h9-12,18H,4-8,13-15H2,1-3H3. The zero-order chi connectivity index (χ0) is 20.1. The largest absolute Gasteiger partial charge is 0.339 e. The summed E-state index contributed by atoms with van der Waals surface area (Å²) in [5, 5.41) is 4.75. The molecule has 1 heterocycles. The van der Waals surface area contributed by atoms with Gasteiger partial charge in [0.2, 0.25) is 17.6 Å². The number of halogens is 1. The van der Waals surface area contributed by atoms with E-state index in [4.69, 9.17) is 16.1 Å². The zero-order valence-corrected chi connectivity index (χ0v) is 17.8. The van der Waals surface area contributed by atoms with Gasteiger partial charge in [-0.25, -0.2) is 0 Å². The molecule has 1 aliphatic rings. The van der Waals surface area contributed by atoms with Gasteiger partial charge in [-0.1, -0.05) is 56.8 Å². The van der Waals surface area contributed by atoms with E-state index < -0.39 is 0 Å². The molecule has 3 rings (SSSR count). The van der Waals surface area contributed by atoms with E-state index in [-0.39, 0.29) is 11.3 Å². The van der Waals surface area contributed by atoms with Gasteiger partial charge in [-0.05, 0) is 42.5 Å². The van der Waals surface area contributed by atoms with Gasteiger partial charge in [0.15, 0.2) is 0 Å². The Bertz CT molecular complexity index is 774. The molecule has 5 nitrogen and oxygen atoms in total. The van der Waals surface area contributed by atoms with Crippen molar-refractivity contribution in [2.45, 2.75) is 71.8 Å². The first-order chi connectivity index (χ1) is 13.3. The fourth-order valence-electron chi connectivity index (χ4n) is 3.75. The van der Waals surface area contributed by atoms with Crippen molar-refractivity contribution in [1.29, 1.82) is 0 Å². The molecule has 1 amide bonds. The van der Waals surface area contributed by atoms with Crippen LogP contribution in [0.25, 0.3) is 11.4 Å². The molecular formula is C22H30ClN3O2. The van der Waals surface area contributed by atoms with Crippen molar-refractivity contribution in [2.24, 2.45) is 5.41 Å². The first-order valence-corrected chi connectivity index (χ1v) is 10.6. The van der Waals surface area contributed by atoms with E-state index in [0.717, 1.165) is 18.4 Å². The van der Waals surface area contributed by atoms with Crippen LogP contribution in [-0.2, 0) is 11.2 Å².